The van der Waals surface area contributed by atoms with Gasteiger partial charge in [0.05, 0.1) is 5.39 Å². The molecule has 1 saturated heterocycles. The van der Waals surface area contributed by atoms with Crippen molar-refractivity contribution in [2.75, 3.05) is 31.1 Å². The second-order valence-electron chi connectivity index (χ2n) is 6.06. The molecule has 7 heteroatoms. The van der Waals surface area contributed by atoms with Gasteiger partial charge in [-0.2, -0.15) is 0 Å². The normalized spacial score (nSPS) is 15.0. The molecule has 0 saturated carbocycles. The van der Waals surface area contributed by atoms with Crippen LogP contribution < -0.4 is 4.90 Å². The van der Waals surface area contributed by atoms with Gasteiger partial charge in [0, 0.05) is 41.6 Å². The zero-order valence-corrected chi connectivity index (χ0v) is 15.3. The number of hydrogen-bond acceptors (Lipinski definition) is 5. The number of aryl methyl sites for hydroxylation is 1. The molecule has 0 bridgehead atoms. The zero-order valence-electron chi connectivity index (χ0n) is 13.8. The van der Waals surface area contributed by atoms with E-state index in [-0.39, 0.29) is 5.91 Å². The van der Waals surface area contributed by atoms with Crippen LogP contribution in [-0.4, -0.2) is 47.0 Å². The summed E-state index contributed by atoms with van der Waals surface area (Å²) in [6.45, 7) is 4.96. The van der Waals surface area contributed by atoms with Crippen LogP contribution in [0.3, 0.4) is 0 Å². The first-order chi connectivity index (χ1) is 12.1. The first-order valence-corrected chi connectivity index (χ1v) is 9.32. The van der Waals surface area contributed by atoms with Crippen molar-refractivity contribution in [1.82, 2.24) is 14.9 Å². The fourth-order valence-corrected chi connectivity index (χ4v) is 4.08. The predicted octanol–water partition coefficient (Wildman–Crippen LogP) is 3.62. The first-order valence-electron chi connectivity index (χ1n) is 8.13. The van der Waals surface area contributed by atoms with Crippen LogP contribution in [0.25, 0.3) is 10.2 Å². The van der Waals surface area contributed by atoms with E-state index < -0.39 is 0 Å². The van der Waals surface area contributed by atoms with Crippen molar-refractivity contribution in [3.05, 3.63) is 52.1 Å². The van der Waals surface area contributed by atoms with Crippen molar-refractivity contribution in [2.45, 2.75) is 6.92 Å². The lowest BCUT2D eigenvalue weighted by atomic mass is 10.2. The number of benzene rings is 1. The van der Waals surface area contributed by atoms with Gasteiger partial charge in [0.2, 0.25) is 0 Å². The first kappa shape index (κ1) is 16.3. The van der Waals surface area contributed by atoms with Gasteiger partial charge in [-0.25, -0.2) is 9.97 Å². The topological polar surface area (TPSA) is 49.3 Å². The molecule has 1 fully saturated rings. The van der Waals surface area contributed by atoms with E-state index in [0.29, 0.717) is 23.7 Å². The number of halogens is 1. The number of hydrogen-bond donors (Lipinski definition) is 0. The summed E-state index contributed by atoms with van der Waals surface area (Å²) >= 11 is 7.58. The van der Waals surface area contributed by atoms with Crippen LogP contribution in [0.2, 0.25) is 5.02 Å². The largest absolute Gasteiger partial charge is 0.352 e. The Morgan fingerprint density at radius 2 is 1.84 bits per heavy atom. The predicted molar refractivity (Wildman–Crippen MR) is 102 cm³/mol. The number of carbonyl (C=O) groups is 1. The Bertz CT molecular complexity index is 916. The Labute approximate surface area is 154 Å². The third-order valence-electron chi connectivity index (χ3n) is 4.39. The Hall–Kier alpha value is -2.18. The van der Waals surface area contributed by atoms with Gasteiger partial charge in [0.25, 0.3) is 5.91 Å². The minimum absolute atomic E-state index is 0.0514. The second-order valence-corrected chi connectivity index (χ2v) is 7.73. The SMILES string of the molecule is Cc1cc2c(N3CCN(C(=O)c4ccc(Cl)cc4)CC3)ncnc2s1. The highest BCUT2D eigenvalue weighted by Crippen LogP contribution is 2.30. The molecule has 0 N–H and O–H groups in total. The van der Waals surface area contributed by atoms with E-state index in [4.69, 9.17) is 11.6 Å². The minimum atomic E-state index is 0.0514. The minimum Gasteiger partial charge on any atom is -0.352 e. The number of carbonyl (C=O) groups excluding carboxylic acids is 1. The van der Waals surface area contributed by atoms with Gasteiger partial charge in [0.1, 0.15) is 17.0 Å². The van der Waals surface area contributed by atoms with Crippen LogP contribution in [0.5, 0.6) is 0 Å². The lowest BCUT2D eigenvalue weighted by molar-refractivity contribution is 0.0746. The van der Waals surface area contributed by atoms with Crippen LogP contribution in [0.4, 0.5) is 5.82 Å². The molecule has 4 rings (SSSR count). The summed E-state index contributed by atoms with van der Waals surface area (Å²) in [5.74, 6) is 1.02. The number of aromatic nitrogens is 2. The number of nitrogens with zero attached hydrogens (tertiary/aromatic N) is 4. The highest BCUT2D eigenvalue weighted by atomic mass is 35.5. The monoisotopic (exact) mass is 372 g/mol. The molecule has 1 aliphatic rings. The second kappa shape index (κ2) is 6.61. The van der Waals surface area contributed by atoms with E-state index in [0.717, 1.165) is 29.1 Å². The Balaban J connectivity index is 1.49. The van der Waals surface area contributed by atoms with Gasteiger partial charge in [-0.1, -0.05) is 11.6 Å². The van der Waals surface area contributed by atoms with E-state index in [1.54, 1.807) is 41.9 Å². The molecule has 0 aliphatic carbocycles. The van der Waals surface area contributed by atoms with Crippen LogP contribution in [0.15, 0.2) is 36.7 Å². The maximum absolute atomic E-state index is 12.6. The lowest BCUT2D eigenvalue weighted by Crippen LogP contribution is -2.49. The lowest BCUT2D eigenvalue weighted by Gasteiger charge is -2.35. The molecule has 0 spiro atoms. The molecule has 25 heavy (non-hydrogen) atoms. The highest BCUT2D eigenvalue weighted by molar-refractivity contribution is 7.18. The summed E-state index contributed by atoms with van der Waals surface area (Å²) in [4.78, 5) is 27.8. The molecule has 0 unspecified atom stereocenters. The summed E-state index contributed by atoms with van der Waals surface area (Å²) in [5.41, 5.74) is 0.677. The van der Waals surface area contributed by atoms with Crippen molar-refractivity contribution in [3.8, 4) is 0 Å². The van der Waals surface area contributed by atoms with Gasteiger partial charge >= 0.3 is 0 Å². The number of thiophene rings is 1. The van der Waals surface area contributed by atoms with Gasteiger partial charge in [-0.15, -0.1) is 11.3 Å². The maximum atomic E-state index is 12.6. The standard InChI is InChI=1S/C18H17ClN4OS/c1-12-10-15-16(20-11-21-17(15)25-12)22-6-8-23(9-7-22)18(24)13-2-4-14(19)5-3-13/h2-5,10-11H,6-9H2,1H3. The van der Waals surface area contributed by atoms with Gasteiger partial charge < -0.3 is 9.80 Å². The number of amides is 1. The molecule has 2 aromatic heterocycles. The molecule has 0 radical (unpaired) electrons. The molecule has 1 aliphatic heterocycles. The van der Waals surface area contributed by atoms with E-state index in [1.165, 1.54) is 4.88 Å². The zero-order chi connectivity index (χ0) is 17.4. The molecule has 128 valence electrons. The fourth-order valence-electron chi connectivity index (χ4n) is 3.11. The number of fused-ring (bicyclic) bond motifs is 1. The third kappa shape index (κ3) is 3.19. The van der Waals surface area contributed by atoms with E-state index in [9.17, 15) is 4.79 Å². The smallest absolute Gasteiger partial charge is 0.253 e. The summed E-state index contributed by atoms with van der Waals surface area (Å²) in [6, 6.07) is 9.20. The molecule has 1 aromatic carbocycles. The van der Waals surface area contributed by atoms with E-state index in [1.807, 2.05) is 4.90 Å². The van der Waals surface area contributed by atoms with Gasteiger partial charge in [-0.05, 0) is 37.3 Å². The van der Waals surface area contributed by atoms with Crippen molar-refractivity contribution in [3.63, 3.8) is 0 Å². The molecule has 3 aromatic rings. The Morgan fingerprint density at radius 1 is 1.12 bits per heavy atom. The maximum Gasteiger partial charge on any atom is 0.253 e. The van der Waals surface area contributed by atoms with E-state index >= 15 is 0 Å². The van der Waals surface area contributed by atoms with Gasteiger partial charge in [0.15, 0.2) is 0 Å². The third-order valence-corrected chi connectivity index (χ3v) is 5.60. The molecule has 0 atom stereocenters. The highest BCUT2D eigenvalue weighted by Gasteiger charge is 2.24. The van der Waals surface area contributed by atoms with Crippen molar-refractivity contribution in [2.24, 2.45) is 0 Å². The molecule has 3 heterocycles. The van der Waals surface area contributed by atoms with Crippen molar-refractivity contribution >= 4 is 44.9 Å². The van der Waals surface area contributed by atoms with Crippen molar-refractivity contribution < 1.29 is 4.79 Å². The van der Waals surface area contributed by atoms with Crippen LogP contribution >= 0.6 is 22.9 Å². The molecule has 5 nitrogen and oxygen atoms in total. The van der Waals surface area contributed by atoms with Crippen molar-refractivity contribution in [1.29, 1.82) is 0 Å². The molecular weight excluding hydrogens is 356 g/mol. The molecular formula is C18H17ClN4OS. The summed E-state index contributed by atoms with van der Waals surface area (Å²) in [6.07, 6.45) is 1.62. The van der Waals surface area contributed by atoms with Gasteiger partial charge in [-0.3, -0.25) is 4.79 Å². The average Bonchev–Trinajstić information content (AvgIpc) is 3.02. The van der Waals surface area contributed by atoms with Crippen LogP contribution in [-0.2, 0) is 0 Å². The average molecular weight is 373 g/mol. The summed E-state index contributed by atoms with van der Waals surface area (Å²) < 4.78 is 0. The summed E-state index contributed by atoms with van der Waals surface area (Å²) in [7, 11) is 0. The number of piperazine rings is 1. The Kier molecular flexibility index (Phi) is 4.31. The number of anilines is 1. The summed E-state index contributed by atoms with van der Waals surface area (Å²) in [5, 5.41) is 1.74. The van der Waals surface area contributed by atoms with Crippen LogP contribution in [0, 0.1) is 6.92 Å². The van der Waals surface area contributed by atoms with E-state index in [2.05, 4.69) is 27.9 Å². The Morgan fingerprint density at radius 3 is 2.56 bits per heavy atom. The number of rotatable bonds is 2. The fraction of sp³-hybridized carbons (Fsp3) is 0.278. The quantitative estimate of drug-likeness (QED) is 0.689. The van der Waals surface area contributed by atoms with Crippen LogP contribution in [0.1, 0.15) is 15.2 Å². The molecule has 1 amide bonds.